The normalized spacial score (nSPS) is 13.8. The van der Waals surface area contributed by atoms with Crippen LogP contribution in [-0.2, 0) is 40.7 Å². The van der Waals surface area contributed by atoms with Crippen LogP contribution >= 0.6 is 0 Å². The molecule has 11 heteroatoms. The van der Waals surface area contributed by atoms with Crippen molar-refractivity contribution in [2.45, 2.75) is 45.5 Å². The summed E-state index contributed by atoms with van der Waals surface area (Å²) in [6.45, 7) is 2.44. The second kappa shape index (κ2) is 10.5. The number of nitrogens with zero attached hydrogens (tertiary/aromatic N) is 3. The highest BCUT2D eigenvalue weighted by molar-refractivity contribution is 5.77. The summed E-state index contributed by atoms with van der Waals surface area (Å²) in [5.41, 5.74) is 8.32. The molecule has 0 spiro atoms. The largest absolute Gasteiger partial charge is 0.332 e. The molecule has 1 aliphatic rings. The van der Waals surface area contributed by atoms with E-state index < -0.39 is 29.3 Å². The fraction of sp³-hybridized carbons (Fsp3) is 0.333. The van der Waals surface area contributed by atoms with Crippen molar-refractivity contribution in [1.29, 1.82) is 0 Å². The van der Waals surface area contributed by atoms with Gasteiger partial charge in [-0.1, -0.05) is 6.07 Å². The van der Waals surface area contributed by atoms with E-state index in [1.165, 1.54) is 23.4 Å². The summed E-state index contributed by atoms with van der Waals surface area (Å²) >= 11 is 0. The van der Waals surface area contributed by atoms with Gasteiger partial charge in [0.15, 0.2) is 11.6 Å². The van der Waals surface area contributed by atoms with E-state index in [4.69, 9.17) is 15.5 Å². The van der Waals surface area contributed by atoms with Gasteiger partial charge in [0.25, 0.3) is 0 Å². The summed E-state index contributed by atoms with van der Waals surface area (Å²) in [7, 11) is 0. The Morgan fingerprint density at radius 3 is 2.63 bits per heavy atom. The van der Waals surface area contributed by atoms with Gasteiger partial charge in [0.1, 0.15) is 18.2 Å². The molecule has 0 aliphatic carbocycles. The van der Waals surface area contributed by atoms with Gasteiger partial charge in [0.2, 0.25) is 5.91 Å². The second-order valence-electron chi connectivity index (χ2n) is 8.23. The van der Waals surface area contributed by atoms with Crippen LogP contribution in [-0.4, -0.2) is 33.0 Å². The molecule has 2 heterocycles. The van der Waals surface area contributed by atoms with E-state index in [0.717, 1.165) is 6.07 Å². The summed E-state index contributed by atoms with van der Waals surface area (Å²) in [5.74, 6) is -4.20. The van der Waals surface area contributed by atoms with E-state index in [2.05, 4.69) is 4.98 Å². The number of imidazole rings is 1. The number of fused-ring (bicyclic) bond motifs is 3. The van der Waals surface area contributed by atoms with Crippen LogP contribution in [0.3, 0.4) is 0 Å². The van der Waals surface area contributed by atoms with E-state index >= 15 is 0 Å². The number of hydrogen-bond acceptors (Lipinski definition) is 5. The monoisotopic (exact) mass is 492 g/mol. The van der Waals surface area contributed by atoms with Crippen molar-refractivity contribution >= 4 is 5.91 Å². The van der Waals surface area contributed by atoms with Gasteiger partial charge in [-0.3, -0.25) is 4.79 Å². The molecule has 35 heavy (non-hydrogen) atoms. The molecule has 0 saturated carbocycles. The third kappa shape index (κ3) is 5.53. The minimum atomic E-state index is -1.30. The summed E-state index contributed by atoms with van der Waals surface area (Å²) in [6, 6.07) is 4.61. The van der Waals surface area contributed by atoms with Crippen LogP contribution in [0.15, 0.2) is 36.7 Å². The van der Waals surface area contributed by atoms with Crippen LogP contribution in [0, 0.1) is 23.3 Å². The fourth-order valence-electron chi connectivity index (χ4n) is 4.03. The first-order chi connectivity index (χ1) is 16.8. The van der Waals surface area contributed by atoms with Crippen molar-refractivity contribution in [3.05, 3.63) is 82.4 Å². The van der Waals surface area contributed by atoms with Gasteiger partial charge in [-0.15, -0.1) is 0 Å². The number of rotatable bonds is 8. The Morgan fingerprint density at radius 2 is 1.86 bits per heavy atom. The number of hydrogen-bond donors (Lipinski definition) is 1. The Bertz CT molecular complexity index is 1230. The molecule has 2 aromatic carbocycles. The summed E-state index contributed by atoms with van der Waals surface area (Å²) < 4.78 is 56.5. The smallest absolute Gasteiger partial charge is 0.224 e. The van der Waals surface area contributed by atoms with Crippen molar-refractivity contribution in [3.8, 4) is 5.69 Å². The zero-order chi connectivity index (χ0) is 25.1. The standard InChI is InChI=1S/C24H24F4N4O3/c1-2-34-35-12-21-23-11-31(10-14-3-4-16(25)7-22(14)32(23)13-30-21)24(33)8-17(29)5-15-6-19(27)20(28)9-18(15)26/h3-4,6-7,9,13,17H,2,5,8,10-12,29H2,1H3/t17-/m1/s1. The highest BCUT2D eigenvalue weighted by Crippen LogP contribution is 2.28. The average Bonchev–Trinajstić information content (AvgIpc) is 3.12. The topological polar surface area (TPSA) is 82.6 Å². The number of benzene rings is 2. The van der Waals surface area contributed by atoms with E-state index in [9.17, 15) is 22.4 Å². The average molecular weight is 492 g/mol. The predicted octanol–water partition coefficient (Wildman–Crippen LogP) is 3.70. The maximum absolute atomic E-state index is 14.0. The van der Waals surface area contributed by atoms with Gasteiger partial charge >= 0.3 is 0 Å². The van der Waals surface area contributed by atoms with Gasteiger partial charge < -0.3 is 15.2 Å². The minimum absolute atomic E-state index is 0.0256. The van der Waals surface area contributed by atoms with Crippen LogP contribution in [0.25, 0.3) is 5.69 Å². The van der Waals surface area contributed by atoms with Crippen molar-refractivity contribution in [1.82, 2.24) is 14.5 Å². The first-order valence-electron chi connectivity index (χ1n) is 11.0. The number of carbonyl (C=O) groups is 1. The van der Waals surface area contributed by atoms with Crippen LogP contribution in [0.4, 0.5) is 17.6 Å². The SMILES string of the molecule is CCOOCc1ncn2c1CN(C(=O)C[C@H](N)Cc1cc(F)c(F)cc1F)Cc1ccc(F)cc1-2. The van der Waals surface area contributed by atoms with Gasteiger partial charge in [-0.05, 0) is 42.7 Å². The van der Waals surface area contributed by atoms with Crippen LogP contribution in [0.2, 0.25) is 0 Å². The zero-order valence-electron chi connectivity index (χ0n) is 18.9. The lowest BCUT2D eigenvalue weighted by Gasteiger charge is -2.23. The minimum Gasteiger partial charge on any atom is -0.332 e. The lowest BCUT2D eigenvalue weighted by atomic mass is 10.0. The number of aromatic nitrogens is 2. The maximum atomic E-state index is 14.0. The van der Waals surface area contributed by atoms with E-state index in [-0.39, 0.29) is 44.0 Å². The molecule has 1 aliphatic heterocycles. The van der Waals surface area contributed by atoms with E-state index in [0.29, 0.717) is 35.3 Å². The highest BCUT2D eigenvalue weighted by Gasteiger charge is 2.27. The van der Waals surface area contributed by atoms with Gasteiger partial charge in [-0.25, -0.2) is 32.3 Å². The zero-order valence-corrected chi connectivity index (χ0v) is 18.9. The molecule has 2 N–H and O–H groups in total. The van der Waals surface area contributed by atoms with Crippen LogP contribution in [0.5, 0.6) is 0 Å². The first-order valence-corrected chi connectivity index (χ1v) is 11.0. The molecule has 0 bridgehead atoms. The molecule has 0 radical (unpaired) electrons. The Labute approximate surface area is 199 Å². The lowest BCUT2D eigenvalue weighted by Crippen LogP contribution is -2.36. The van der Waals surface area contributed by atoms with Gasteiger partial charge in [-0.2, -0.15) is 0 Å². The van der Waals surface area contributed by atoms with Crippen molar-refractivity contribution in [2.75, 3.05) is 6.61 Å². The molecule has 0 unspecified atom stereocenters. The van der Waals surface area contributed by atoms with Crippen molar-refractivity contribution in [2.24, 2.45) is 5.73 Å². The molecule has 7 nitrogen and oxygen atoms in total. The Hall–Kier alpha value is -3.28. The van der Waals surface area contributed by atoms with Crippen molar-refractivity contribution < 1.29 is 32.1 Å². The summed E-state index contributed by atoms with van der Waals surface area (Å²) in [5, 5.41) is 0. The molecule has 0 saturated heterocycles. The molecule has 1 amide bonds. The quantitative estimate of drug-likeness (QED) is 0.171. The number of nitrogens with two attached hydrogens (primary N) is 1. The van der Waals surface area contributed by atoms with Gasteiger partial charge in [0.05, 0.1) is 36.6 Å². The number of carbonyl (C=O) groups excluding carboxylic acids is 1. The molecule has 3 aromatic rings. The molecular weight excluding hydrogens is 468 g/mol. The lowest BCUT2D eigenvalue weighted by molar-refractivity contribution is -0.301. The Kier molecular flexibility index (Phi) is 7.48. The molecule has 186 valence electrons. The summed E-state index contributed by atoms with van der Waals surface area (Å²) in [6.07, 6.45) is 1.20. The number of halogens is 4. The van der Waals surface area contributed by atoms with Crippen molar-refractivity contribution in [3.63, 3.8) is 0 Å². The predicted molar refractivity (Wildman–Crippen MR) is 117 cm³/mol. The first kappa shape index (κ1) is 24.8. The molecule has 1 atom stereocenters. The number of amides is 1. The molecule has 0 fully saturated rings. The van der Waals surface area contributed by atoms with Gasteiger partial charge in [0, 0.05) is 25.1 Å². The van der Waals surface area contributed by atoms with E-state index in [1.807, 2.05) is 0 Å². The fourth-order valence-corrected chi connectivity index (χ4v) is 4.03. The Morgan fingerprint density at radius 1 is 1.09 bits per heavy atom. The molecule has 4 rings (SSSR count). The third-order valence-electron chi connectivity index (χ3n) is 5.72. The highest BCUT2D eigenvalue weighted by atomic mass is 19.2. The van der Waals surface area contributed by atoms with Crippen LogP contribution < -0.4 is 5.73 Å². The molecular formula is C24H24F4N4O3. The third-order valence-corrected chi connectivity index (χ3v) is 5.72. The van der Waals surface area contributed by atoms with Crippen LogP contribution in [0.1, 0.15) is 35.9 Å². The van der Waals surface area contributed by atoms with E-state index in [1.54, 1.807) is 17.6 Å². The Balaban J connectivity index is 1.56. The molecule has 1 aromatic heterocycles. The summed E-state index contributed by atoms with van der Waals surface area (Å²) in [4.78, 5) is 29.1. The maximum Gasteiger partial charge on any atom is 0.224 e. The second-order valence-corrected chi connectivity index (χ2v) is 8.23.